The van der Waals surface area contributed by atoms with Crippen molar-refractivity contribution in [3.63, 3.8) is 0 Å². The van der Waals surface area contributed by atoms with Crippen molar-refractivity contribution in [2.75, 3.05) is 0 Å². The van der Waals surface area contributed by atoms with Crippen LogP contribution >= 0.6 is 0 Å². The van der Waals surface area contributed by atoms with E-state index in [1.807, 2.05) is 0 Å². The molecule has 0 unspecified atom stereocenters. The average Bonchev–Trinajstić information content (AvgIpc) is 3.70. The molecule has 1 heterocycles. The van der Waals surface area contributed by atoms with Crippen LogP contribution in [0.5, 0.6) is 0 Å². The van der Waals surface area contributed by atoms with Crippen molar-refractivity contribution in [2.45, 2.75) is 13.3 Å². The Morgan fingerprint density at radius 2 is 0.864 bits per heavy atom. The molecule has 1 aromatic heterocycles. The van der Waals surface area contributed by atoms with Crippen molar-refractivity contribution >= 4 is 43.4 Å². The minimum Gasteiger partial charge on any atom is -0.296 e. The van der Waals surface area contributed by atoms with Crippen LogP contribution in [0.3, 0.4) is 0 Å². The zero-order chi connectivity index (χ0) is 39.3. The van der Waals surface area contributed by atoms with E-state index in [0.29, 0.717) is 0 Å². The Hall–Kier alpha value is -7.55. The van der Waals surface area contributed by atoms with Gasteiger partial charge in [0.05, 0.1) is 11.0 Å². The summed E-state index contributed by atoms with van der Waals surface area (Å²) in [4.78, 5) is 4.96. The molecule has 0 aliphatic carbocycles. The molecule has 0 atom stereocenters. The van der Waals surface area contributed by atoms with Crippen LogP contribution in [0.2, 0.25) is 0 Å². The van der Waals surface area contributed by atoms with Crippen LogP contribution in [0.25, 0.3) is 105 Å². The third kappa shape index (κ3) is 6.09. The van der Waals surface area contributed by atoms with Crippen molar-refractivity contribution in [3.05, 3.63) is 218 Å². The van der Waals surface area contributed by atoms with Gasteiger partial charge in [0.15, 0.2) is 0 Å². The summed E-state index contributed by atoms with van der Waals surface area (Å²) < 4.78 is 2.31. The van der Waals surface area contributed by atoms with Crippen molar-refractivity contribution in [2.24, 2.45) is 0 Å². The topological polar surface area (TPSA) is 17.8 Å². The maximum absolute atomic E-state index is 4.96. The maximum Gasteiger partial charge on any atom is 0.114 e. The predicted molar refractivity (Wildman–Crippen MR) is 250 cm³/mol. The van der Waals surface area contributed by atoms with E-state index in [0.717, 1.165) is 29.0 Å². The lowest BCUT2D eigenvalue weighted by atomic mass is 9.83. The smallest absolute Gasteiger partial charge is 0.114 e. The van der Waals surface area contributed by atoms with E-state index in [2.05, 4.69) is 224 Å². The number of aromatic nitrogens is 2. The van der Waals surface area contributed by atoms with Gasteiger partial charge in [-0.1, -0.05) is 165 Å². The summed E-state index contributed by atoms with van der Waals surface area (Å²) in [5, 5.41) is 7.35. The van der Waals surface area contributed by atoms with Crippen molar-refractivity contribution < 1.29 is 0 Å². The van der Waals surface area contributed by atoms with E-state index in [1.165, 1.54) is 88.0 Å². The zero-order valence-corrected chi connectivity index (χ0v) is 32.8. The second-order valence-corrected chi connectivity index (χ2v) is 15.4. The summed E-state index contributed by atoms with van der Waals surface area (Å²) >= 11 is 0. The first-order valence-corrected chi connectivity index (χ1v) is 20.5. The SMILES string of the molecule is CCc1nc2ccccc2n1-c1ccc2cc(-c3c4ccccc4c(-c4cc(-c5ccccc5)cc(-c5ccccc5)c4)c4cc(-c5ccccc5)ccc34)ccc2c1. The van der Waals surface area contributed by atoms with Crippen molar-refractivity contribution in [3.8, 4) is 61.3 Å². The monoisotopic (exact) mass is 752 g/mol. The van der Waals surface area contributed by atoms with Crippen LogP contribution in [-0.2, 0) is 6.42 Å². The van der Waals surface area contributed by atoms with Gasteiger partial charge in [-0.05, 0) is 143 Å². The third-order valence-corrected chi connectivity index (χ3v) is 11.9. The fourth-order valence-electron chi connectivity index (χ4n) is 9.11. The second-order valence-electron chi connectivity index (χ2n) is 15.4. The van der Waals surface area contributed by atoms with Crippen LogP contribution in [0.1, 0.15) is 12.7 Å². The molecule has 2 nitrogen and oxygen atoms in total. The molecule has 0 bridgehead atoms. The molecule has 0 amide bonds. The van der Waals surface area contributed by atoms with Gasteiger partial charge in [0.25, 0.3) is 0 Å². The molecule has 0 N–H and O–H groups in total. The van der Waals surface area contributed by atoms with E-state index in [4.69, 9.17) is 4.98 Å². The first-order chi connectivity index (χ1) is 29.2. The number of hydrogen-bond acceptors (Lipinski definition) is 1. The van der Waals surface area contributed by atoms with Gasteiger partial charge in [0, 0.05) is 12.1 Å². The Kier molecular flexibility index (Phi) is 8.48. The lowest BCUT2D eigenvalue weighted by molar-refractivity contribution is 0.909. The predicted octanol–water partition coefficient (Wildman–Crippen LogP) is 15.4. The fourth-order valence-corrected chi connectivity index (χ4v) is 9.11. The molecule has 11 aromatic rings. The second kappa shape index (κ2) is 14.4. The van der Waals surface area contributed by atoms with E-state index in [1.54, 1.807) is 0 Å². The van der Waals surface area contributed by atoms with Crippen molar-refractivity contribution in [1.82, 2.24) is 9.55 Å². The van der Waals surface area contributed by atoms with Gasteiger partial charge in [0.2, 0.25) is 0 Å². The number of aryl methyl sites for hydroxylation is 1. The van der Waals surface area contributed by atoms with Crippen molar-refractivity contribution in [1.29, 1.82) is 0 Å². The van der Waals surface area contributed by atoms with Crippen LogP contribution < -0.4 is 0 Å². The summed E-state index contributed by atoms with van der Waals surface area (Å²) in [7, 11) is 0. The molecule has 10 aromatic carbocycles. The lowest BCUT2D eigenvalue weighted by Gasteiger charge is -2.20. The van der Waals surface area contributed by atoms with E-state index in [9.17, 15) is 0 Å². The van der Waals surface area contributed by atoms with Crippen LogP contribution in [-0.4, -0.2) is 9.55 Å². The first kappa shape index (κ1) is 34.7. The van der Waals surface area contributed by atoms with Gasteiger partial charge in [-0.15, -0.1) is 0 Å². The summed E-state index contributed by atoms with van der Waals surface area (Å²) in [6, 6.07) is 77.7. The Morgan fingerprint density at radius 3 is 1.53 bits per heavy atom. The average molecular weight is 753 g/mol. The number of imidazole rings is 1. The Bertz CT molecular complexity index is 3290. The van der Waals surface area contributed by atoms with E-state index < -0.39 is 0 Å². The number of rotatable bonds is 7. The number of benzene rings is 10. The fraction of sp³-hybridized carbons (Fsp3) is 0.0351. The molecule has 11 rings (SSSR count). The zero-order valence-electron chi connectivity index (χ0n) is 32.8. The van der Waals surface area contributed by atoms with E-state index in [-0.39, 0.29) is 0 Å². The molecular formula is C57H40N2. The Balaban J connectivity index is 1.16. The number of hydrogen-bond donors (Lipinski definition) is 0. The van der Waals surface area contributed by atoms with Gasteiger partial charge in [-0.3, -0.25) is 4.57 Å². The molecule has 0 aliphatic heterocycles. The van der Waals surface area contributed by atoms with Gasteiger partial charge < -0.3 is 0 Å². The number of para-hydroxylation sites is 2. The highest BCUT2D eigenvalue weighted by Crippen LogP contribution is 2.47. The highest BCUT2D eigenvalue weighted by molar-refractivity contribution is 6.22. The highest BCUT2D eigenvalue weighted by atomic mass is 15.1. The summed E-state index contributed by atoms with van der Waals surface area (Å²) in [5.41, 5.74) is 15.4. The molecule has 0 fully saturated rings. The summed E-state index contributed by atoms with van der Waals surface area (Å²) in [6.45, 7) is 2.18. The summed E-state index contributed by atoms with van der Waals surface area (Å²) in [6.07, 6.45) is 0.859. The minimum absolute atomic E-state index is 0.859. The van der Waals surface area contributed by atoms with Gasteiger partial charge in [-0.2, -0.15) is 0 Å². The molecule has 0 saturated carbocycles. The standard InChI is InChI=1S/C57H40N2/c1-2-55-58-53-24-14-15-25-54(53)59(55)48-30-28-41-32-44(27-26-42(41)36-48)56-49-22-12-13-23-50(49)57(52-37-43(29-31-51(52)56)38-16-6-3-7-17-38)47-34-45(39-18-8-4-9-19-39)33-46(35-47)40-20-10-5-11-21-40/h3-37H,2H2,1H3. The first-order valence-electron chi connectivity index (χ1n) is 20.5. The maximum atomic E-state index is 4.96. The quantitative estimate of drug-likeness (QED) is 0.148. The molecule has 0 saturated heterocycles. The molecular weight excluding hydrogens is 713 g/mol. The van der Waals surface area contributed by atoms with Gasteiger partial charge in [-0.25, -0.2) is 4.98 Å². The molecule has 2 heteroatoms. The largest absolute Gasteiger partial charge is 0.296 e. The van der Waals surface area contributed by atoms with E-state index >= 15 is 0 Å². The molecule has 0 spiro atoms. The van der Waals surface area contributed by atoms with Crippen LogP contribution in [0.4, 0.5) is 0 Å². The lowest BCUT2D eigenvalue weighted by Crippen LogP contribution is -2.00. The molecule has 59 heavy (non-hydrogen) atoms. The highest BCUT2D eigenvalue weighted by Gasteiger charge is 2.20. The normalized spacial score (nSPS) is 11.5. The molecule has 0 radical (unpaired) electrons. The summed E-state index contributed by atoms with van der Waals surface area (Å²) in [5.74, 6) is 1.07. The molecule has 0 aliphatic rings. The Morgan fingerprint density at radius 1 is 0.356 bits per heavy atom. The number of nitrogens with zero attached hydrogens (tertiary/aromatic N) is 2. The Labute approximate surface area is 344 Å². The van der Waals surface area contributed by atoms with Gasteiger partial charge >= 0.3 is 0 Å². The molecule has 278 valence electrons. The number of fused-ring (bicyclic) bond motifs is 4. The van der Waals surface area contributed by atoms with Gasteiger partial charge in [0.1, 0.15) is 5.82 Å². The van der Waals surface area contributed by atoms with Crippen LogP contribution in [0.15, 0.2) is 212 Å². The third-order valence-electron chi connectivity index (χ3n) is 11.9. The minimum atomic E-state index is 0.859. The van der Waals surface area contributed by atoms with Crippen LogP contribution in [0, 0.1) is 0 Å².